The summed E-state index contributed by atoms with van der Waals surface area (Å²) >= 11 is 2.80. The number of hydrogen-bond donors (Lipinski definition) is 1. The Balaban J connectivity index is 1.72. The number of hydrogen-bond acceptors (Lipinski definition) is 7. The molecular weight excluding hydrogens is 344 g/mol. The maximum atomic E-state index is 12.3. The van der Waals surface area contributed by atoms with Crippen LogP contribution in [-0.4, -0.2) is 28.2 Å². The highest BCUT2D eigenvalue weighted by Crippen LogP contribution is 2.27. The third-order valence-corrected chi connectivity index (χ3v) is 5.26. The topological polar surface area (TPSA) is 77.0 Å². The molecule has 24 heavy (non-hydrogen) atoms. The van der Waals surface area contributed by atoms with E-state index in [-0.39, 0.29) is 11.8 Å². The molecule has 0 aliphatic rings. The number of benzene rings is 1. The van der Waals surface area contributed by atoms with Crippen molar-refractivity contribution in [2.75, 3.05) is 12.4 Å². The lowest BCUT2D eigenvalue weighted by Crippen LogP contribution is -2.12. The van der Waals surface area contributed by atoms with Gasteiger partial charge in [-0.1, -0.05) is 25.2 Å². The number of carbonyl (C=O) groups excluding carboxylic acids is 1. The maximum Gasteiger partial charge on any atom is 0.276 e. The van der Waals surface area contributed by atoms with Crippen molar-refractivity contribution in [3.63, 3.8) is 0 Å². The molecule has 2 aromatic heterocycles. The van der Waals surface area contributed by atoms with E-state index in [4.69, 9.17) is 4.74 Å². The smallest absolute Gasteiger partial charge is 0.276 e. The molecule has 0 radical (unpaired) electrons. The van der Waals surface area contributed by atoms with Crippen LogP contribution >= 0.6 is 22.7 Å². The summed E-state index contributed by atoms with van der Waals surface area (Å²) < 4.78 is 5.14. The van der Waals surface area contributed by atoms with Crippen molar-refractivity contribution in [1.29, 1.82) is 0 Å². The summed E-state index contributed by atoms with van der Waals surface area (Å²) in [4.78, 5) is 16.7. The van der Waals surface area contributed by atoms with Crippen LogP contribution in [0.1, 0.15) is 35.3 Å². The molecular formula is C16H16N4O2S2. The molecule has 0 aliphatic heterocycles. The first-order valence-electron chi connectivity index (χ1n) is 7.31. The van der Waals surface area contributed by atoms with Gasteiger partial charge in [0.05, 0.1) is 7.11 Å². The van der Waals surface area contributed by atoms with E-state index in [1.165, 1.54) is 22.7 Å². The summed E-state index contributed by atoms with van der Waals surface area (Å²) in [6, 6.07) is 7.56. The number of methoxy groups -OCH3 is 1. The number of nitrogens with zero attached hydrogens (tertiary/aromatic N) is 3. The summed E-state index contributed by atoms with van der Waals surface area (Å²) in [5, 5.41) is 14.7. The van der Waals surface area contributed by atoms with Crippen molar-refractivity contribution in [3.8, 4) is 16.3 Å². The highest BCUT2D eigenvalue weighted by Gasteiger charge is 2.15. The fourth-order valence-corrected chi connectivity index (χ4v) is 3.47. The second kappa shape index (κ2) is 7.06. The average molecular weight is 360 g/mol. The van der Waals surface area contributed by atoms with Crippen molar-refractivity contribution >= 4 is 33.7 Å². The Labute approximate surface area is 147 Å². The molecule has 2 heterocycles. The lowest BCUT2D eigenvalue weighted by Gasteiger charge is -2.00. The third-order valence-electron chi connectivity index (χ3n) is 3.23. The van der Waals surface area contributed by atoms with Gasteiger partial charge < -0.3 is 4.74 Å². The quantitative estimate of drug-likeness (QED) is 0.743. The zero-order chi connectivity index (χ0) is 17.1. The zero-order valence-electron chi connectivity index (χ0n) is 13.4. The van der Waals surface area contributed by atoms with Crippen molar-refractivity contribution in [2.45, 2.75) is 19.8 Å². The Bertz CT molecular complexity index is 840. The van der Waals surface area contributed by atoms with Gasteiger partial charge in [0.25, 0.3) is 5.91 Å². The summed E-state index contributed by atoms with van der Waals surface area (Å²) in [6.45, 7) is 4.07. The second-order valence-corrected chi connectivity index (χ2v) is 7.19. The molecule has 3 aromatic rings. The van der Waals surface area contributed by atoms with Gasteiger partial charge in [0.15, 0.2) is 0 Å². The largest absolute Gasteiger partial charge is 0.497 e. The summed E-state index contributed by atoms with van der Waals surface area (Å²) in [5.41, 5.74) is 1.31. The molecule has 6 nitrogen and oxygen atoms in total. The van der Waals surface area contributed by atoms with Crippen LogP contribution in [-0.2, 0) is 0 Å². The Morgan fingerprint density at radius 2 is 1.96 bits per heavy atom. The van der Waals surface area contributed by atoms with Gasteiger partial charge in [0.1, 0.15) is 21.5 Å². The van der Waals surface area contributed by atoms with Gasteiger partial charge in [-0.15, -0.1) is 21.5 Å². The number of nitrogens with one attached hydrogen (secondary N) is 1. The second-order valence-electron chi connectivity index (χ2n) is 5.32. The summed E-state index contributed by atoms with van der Waals surface area (Å²) in [7, 11) is 1.62. The standard InChI is InChI=1S/C16H16N4O2S2/c1-9(2)14-19-20-16(24-14)18-13(21)12-8-23-15(17-12)10-4-6-11(22-3)7-5-10/h4-9H,1-3H3,(H,18,20,21). The van der Waals surface area contributed by atoms with Gasteiger partial charge in [0.2, 0.25) is 5.13 Å². The maximum absolute atomic E-state index is 12.3. The molecule has 0 atom stereocenters. The van der Waals surface area contributed by atoms with Gasteiger partial charge in [-0.05, 0) is 24.3 Å². The van der Waals surface area contributed by atoms with E-state index in [9.17, 15) is 4.79 Å². The molecule has 0 bridgehead atoms. The van der Waals surface area contributed by atoms with Crippen LogP contribution in [0.15, 0.2) is 29.6 Å². The zero-order valence-corrected chi connectivity index (χ0v) is 15.1. The Morgan fingerprint density at radius 1 is 1.21 bits per heavy atom. The normalized spacial score (nSPS) is 10.8. The number of carbonyl (C=O) groups is 1. The Kier molecular flexibility index (Phi) is 4.86. The van der Waals surface area contributed by atoms with Gasteiger partial charge >= 0.3 is 0 Å². The predicted octanol–water partition coefficient (Wildman–Crippen LogP) is 4.05. The minimum atomic E-state index is -0.280. The molecule has 0 saturated heterocycles. The lowest BCUT2D eigenvalue weighted by atomic mass is 10.2. The predicted molar refractivity (Wildman–Crippen MR) is 96.1 cm³/mol. The number of anilines is 1. The van der Waals surface area contributed by atoms with Crippen molar-refractivity contribution in [3.05, 3.63) is 40.3 Å². The molecule has 0 unspecified atom stereocenters. The van der Waals surface area contributed by atoms with Gasteiger partial charge in [-0.2, -0.15) is 0 Å². The van der Waals surface area contributed by atoms with Crippen LogP contribution in [0.3, 0.4) is 0 Å². The molecule has 0 saturated carbocycles. The molecule has 8 heteroatoms. The minimum absolute atomic E-state index is 0.280. The first kappa shape index (κ1) is 16.5. The van der Waals surface area contributed by atoms with E-state index in [1.54, 1.807) is 12.5 Å². The highest BCUT2D eigenvalue weighted by molar-refractivity contribution is 7.15. The van der Waals surface area contributed by atoms with E-state index in [2.05, 4.69) is 20.5 Å². The molecule has 1 amide bonds. The average Bonchev–Trinajstić information content (AvgIpc) is 3.24. The Hall–Kier alpha value is -2.32. The molecule has 0 spiro atoms. The van der Waals surface area contributed by atoms with Crippen LogP contribution < -0.4 is 10.1 Å². The van der Waals surface area contributed by atoms with Crippen molar-refractivity contribution in [2.24, 2.45) is 0 Å². The van der Waals surface area contributed by atoms with E-state index >= 15 is 0 Å². The number of aromatic nitrogens is 3. The van der Waals surface area contributed by atoms with Gasteiger partial charge in [-0.3, -0.25) is 10.1 Å². The molecule has 3 rings (SSSR count). The van der Waals surface area contributed by atoms with E-state index in [1.807, 2.05) is 38.1 Å². The van der Waals surface area contributed by atoms with E-state index in [0.717, 1.165) is 21.3 Å². The monoisotopic (exact) mass is 360 g/mol. The van der Waals surface area contributed by atoms with Crippen LogP contribution in [0.5, 0.6) is 5.75 Å². The highest BCUT2D eigenvalue weighted by atomic mass is 32.1. The number of ether oxygens (including phenoxy) is 1. The van der Waals surface area contributed by atoms with Gasteiger partial charge in [0, 0.05) is 16.9 Å². The van der Waals surface area contributed by atoms with E-state index < -0.39 is 0 Å². The summed E-state index contributed by atoms with van der Waals surface area (Å²) in [6.07, 6.45) is 0. The first-order valence-corrected chi connectivity index (χ1v) is 9.01. The molecule has 124 valence electrons. The van der Waals surface area contributed by atoms with Gasteiger partial charge in [-0.25, -0.2) is 4.98 Å². The fourth-order valence-electron chi connectivity index (χ4n) is 1.92. The summed E-state index contributed by atoms with van der Waals surface area (Å²) in [5.74, 6) is 0.789. The Morgan fingerprint density at radius 3 is 2.58 bits per heavy atom. The van der Waals surface area contributed by atoms with Crippen LogP contribution in [0, 0.1) is 0 Å². The SMILES string of the molecule is COc1ccc(-c2nc(C(=O)Nc3nnc(C(C)C)s3)cs2)cc1. The van der Waals surface area contributed by atoms with Crippen molar-refractivity contribution < 1.29 is 9.53 Å². The van der Waals surface area contributed by atoms with Crippen LogP contribution in [0.4, 0.5) is 5.13 Å². The molecule has 0 aliphatic carbocycles. The van der Waals surface area contributed by atoms with Crippen LogP contribution in [0.2, 0.25) is 0 Å². The fraction of sp³-hybridized carbons (Fsp3) is 0.250. The third kappa shape index (κ3) is 3.60. The number of thiazole rings is 1. The minimum Gasteiger partial charge on any atom is -0.497 e. The molecule has 1 aromatic carbocycles. The lowest BCUT2D eigenvalue weighted by molar-refractivity contribution is 0.102. The van der Waals surface area contributed by atoms with E-state index in [0.29, 0.717) is 10.8 Å². The van der Waals surface area contributed by atoms with Crippen LogP contribution in [0.25, 0.3) is 10.6 Å². The van der Waals surface area contributed by atoms with Crippen molar-refractivity contribution in [1.82, 2.24) is 15.2 Å². The molecule has 0 fully saturated rings. The number of rotatable bonds is 5. The first-order chi connectivity index (χ1) is 11.6. The molecule has 1 N–H and O–H groups in total. The number of amides is 1.